The molecule has 1 N–H and O–H groups in total. The topological polar surface area (TPSA) is 65.0 Å². The molecule has 1 saturated heterocycles. The Morgan fingerprint density at radius 2 is 1.65 bits per heavy atom. The fourth-order valence-electron chi connectivity index (χ4n) is 3.41. The zero-order valence-electron chi connectivity index (χ0n) is 14.5. The van der Waals surface area contributed by atoms with E-state index in [0.717, 1.165) is 22.7 Å². The van der Waals surface area contributed by atoms with Crippen LogP contribution in [0, 0.1) is 0 Å². The van der Waals surface area contributed by atoms with Gasteiger partial charge in [-0.1, -0.05) is 60.7 Å². The van der Waals surface area contributed by atoms with Gasteiger partial charge in [-0.05, 0) is 12.0 Å². The maximum atomic E-state index is 12.5. The largest absolute Gasteiger partial charge is 0.333 e. The molecule has 3 amide bonds. The van der Waals surface area contributed by atoms with Crippen LogP contribution in [0.3, 0.4) is 0 Å². The van der Waals surface area contributed by atoms with Crippen molar-refractivity contribution in [2.45, 2.75) is 18.6 Å². The minimum absolute atomic E-state index is 0.269. The molecule has 2 atom stereocenters. The molecular weight excluding hydrogens is 328 g/mol. The summed E-state index contributed by atoms with van der Waals surface area (Å²) in [5, 5.41) is 2.92. The van der Waals surface area contributed by atoms with Gasteiger partial charge in [-0.25, -0.2) is 4.79 Å². The second-order valence-electron chi connectivity index (χ2n) is 6.48. The van der Waals surface area contributed by atoms with Crippen LogP contribution in [-0.4, -0.2) is 53.4 Å². The summed E-state index contributed by atoms with van der Waals surface area (Å²) in [5.74, 6) is 0.481. The first-order valence-electron chi connectivity index (χ1n) is 8.67. The number of carbonyl (C=O) groups is 2. The van der Waals surface area contributed by atoms with Crippen molar-refractivity contribution in [1.29, 1.82) is 0 Å². The highest BCUT2D eigenvalue weighted by Crippen LogP contribution is 2.25. The van der Waals surface area contributed by atoms with E-state index < -0.39 is 12.2 Å². The monoisotopic (exact) mass is 348 g/mol. The first-order valence-corrected chi connectivity index (χ1v) is 8.67. The summed E-state index contributed by atoms with van der Waals surface area (Å²) in [7, 11) is 1.48. The molecule has 0 aromatic heterocycles. The number of benzene rings is 2. The molecule has 0 spiro atoms. The van der Waals surface area contributed by atoms with E-state index in [-0.39, 0.29) is 11.9 Å². The Morgan fingerprint density at radius 1 is 1.00 bits per heavy atom. The van der Waals surface area contributed by atoms with Gasteiger partial charge in [-0.2, -0.15) is 0 Å². The predicted molar refractivity (Wildman–Crippen MR) is 98.7 cm³/mol. The SMILES string of the molecule is CN1C(=O)NC2C(N=C(c3ccccc3)N2CCc2ccccc2)C1=O. The Kier molecular flexibility index (Phi) is 4.16. The van der Waals surface area contributed by atoms with Crippen molar-refractivity contribution in [2.75, 3.05) is 13.6 Å². The van der Waals surface area contributed by atoms with E-state index in [1.165, 1.54) is 12.6 Å². The zero-order chi connectivity index (χ0) is 18.1. The van der Waals surface area contributed by atoms with Crippen LogP contribution in [0.4, 0.5) is 4.79 Å². The van der Waals surface area contributed by atoms with Gasteiger partial charge in [0.15, 0.2) is 6.04 Å². The third kappa shape index (κ3) is 2.83. The third-order valence-corrected chi connectivity index (χ3v) is 4.84. The summed E-state index contributed by atoms with van der Waals surface area (Å²) in [6.07, 6.45) is 0.362. The second-order valence-corrected chi connectivity index (χ2v) is 6.48. The molecule has 2 aliphatic heterocycles. The molecule has 2 aromatic carbocycles. The summed E-state index contributed by atoms with van der Waals surface area (Å²) in [4.78, 5) is 32.5. The van der Waals surface area contributed by atoms with E-state index in [0.29, 0.717) is 6.54 Å². The van der Waals surface area contributed by atoms with Gasteiger partial charge in [-0.15, -0.1) is 0 Å². The number of aliphatic imine (C=N–C) groups is 1. The van der Waals surface area contributed by atoms with Crippen LogP contribution in [0.5, 0.6) is 0 Å². The Hall–Kier alpha value is -3.15. The van der Waals surface area contributed by atoms with Crippen molar-refractivity contribution < 1.29 is 9.59 Å². The van der Waals surface area contributed by atoms with E-state index in [9.17, 15) is 9.59 Å². The molecule has 4 rings (SSSR count). The van der Waals surface area contributed by atoms with Gasteiger partial charge < -0.3 is 10.2 Å². The first-order chi connectivity index (χ1) is 12.6. The number of imide groups is 1. The Morgan fingerprint density at radius 3 is 2.35 bits per heavy atom. The summed E-state index contributed by atoms with van der Waals surface area (Å²) in [6.45, 7) is 0.663. The van der Waals surface area contributed by atoms with E-state index >= 15 is 0 Å². The summed E-state index contributed by atoms with van der Waals surface area (Å²) in [5.41, 5.74) is 2.15. The van der Waals surface area contributed by atoms with Crippen LogP contribution in [0.15, 0.2) is 65.7 Å². The number of urea groups is 1. The van der Waals surface area contributed by atoms with Gasteiger partial charge in [0, 0.05) is 19.2 Å². The summed E-state index contributed by atoms with van der Waals surface area (Å²) in [6, 6.07) is 18.9. The van der Waals surface area contributed by atoms with E-state index in [4.69, 9.17) is 0 Å². The van der Waals surface area contributed by atoms with Crippen molar-refractivity contribution in [1.82, 2.24) is 15.1 Å². The first kappa shape index (κ1) is 16.3. The zero-order valence-corrected chi connectivity index (χ0v) is 14.5. The number of rotatable bonds is 4. The number of hydrogen-bond donors (Lipinski definition) is 1. The maximum Gasteiger partial charge on any atom is 0.325 e. The van der Waals surface area contributed by atoms with E-state index in [1.54, 1.807) is 0 Å². The van der Waals surface area contributed by atoms with Crippen molar-refractivity contribution in [3.63, 3.8) is 0 Å². The normalized spacial score (nSPS) is 22.1. The van der Waals surface area contributed by atoms with Gasteiger partial charge in [-0.3, -0.25) is 14.7 Å². The maximum absolute atomic E-state index is 12.5. The van der Waals surface area contributed by atoms with Gasteiger partial charge >= 0.3 is 6.03 Å². The average Bonchev–Trinajstić information content (AvgIpc) is 3.04. The van der Waals surface area contributed by atoms with Crippen molar-refractivity contribution in [3.05, 3.63) is 71.8 Å². The van der Waals surface area contributed by atoms with Gasteiger partial charge in [0.1, 0.15) is 12.0 Å². The second kappa shape index (κ2) is 6.63. The highest BCUT2D eigenvalue weighted by atomic mass is 16.2. The minimum Gasteiger partial charge on any atom is -0.333 e. The lowest BCUT2D eigenvalue weighted by Gasteiger charge is -2.36. The van der Waals surface area contributed by atoms with Crippen molar-refractivity contribution >= 4 is 17.8 Å². The number of fused-ring (bicyclic) bond motifs is 1. The number of amides is 3. The van der Waals surface area contributed by atoms with Gasteiger partial charge in [0.25, 0.3) is 5.91 Å². The highest BCUT2D eigenvalue weighted by Gasteiger charge is 2.47. The number of hydrogen-bond acceptors (Lipinski definition) is 4. The molecular formula is C20H20N4O2. The minimum atomic E-state index is -0.608. The molecule has 6 nitrogen and oxygen atoms in total. The fraction of sp³-hybridized carbons (Fsp3) is 0.250. The molecule has 2 aromatic rings. The Bertz CT molecular complexity index is 851. The third-order valence-electron chi connectivity index (χ3n) is 4.84. The molecule has 2 heterocycles. The van der Waals surface area contributed by atoms with E-state index in [1.807, 2.05) is 53.4 Å². The standard InChI is InChI=1S/C20H20N4O2/c1-23-19(25)16-18(22-20(23)26)24(13-12-14-8-4-2-5-9-14)17(21-16)15-10-6-3-7-11-15/h2-11,16,18H,12-13H2,1H3,(H,22,26). The van der Waals surface area contributed by atoms with Crippen LogP contribution in [0.1, 0.15) is 11.1 Å². The van der Waals surface area contributed by atoms with Crippen molar-refractivity contribution in [2.24, 2.45) is 4.99 Å². The van der Waals surface area contributed by atoms with Gasteiger partial charge in [0.05, 0.1) is 0 Å². The number of nitrogens with one attached hydrogen (secondary N) is 1. The van der Waals surface area contributed by atoms with Gasteiger partial charge in [0.2, 0.25) is 0 Å². The smallest absolute Gasteiger partial charge is 0.325 e. The van der Waals surface area contributed by atoms with Crippen LogP contribution < -0.4 is 5.32 Å². The lowest BCUT2D eigenvalue weighted by atomic mass is 10.1. The molecule has 0 bridgehead atoms. The molecule has 1 fully saturated rings. The average molecular weight is 348 g/mol. The summed E-state index contributed by atoms with van der Waals surface area (Å²) < 4.78 is 0. The number of amidine groups is 1. The van der Waals surface area contributed by atoms with Crippen LogP contribution in [-0.2, 0) is 11.2 Å². The molecule has 0 aliphatic carbocycles. The van der Waals surface area contributed by atoms with Crippen LogP contribution in [0.2, 0.25) is 0 Å². The molecule has 2 aliphatic rings. The highest BCUT2D eigenvalue weighted by molar-refractivity contribution is 6.07. The molecule has 0 radical (unpaired) electrons. The molecule has 2 unspecified atom stereocenters. The van der Waals surface area contributed by atoms with Crippen LogP contribution >= 0.6 is 0 Å². The van der Waals surface area contributed by atoms with E-state index in [2.05, 4.69) is 22.4 Å². The Balaban J connectivity index is 1.65. The molecule has 132 valence electrons. The predicted octanol–water partition coefficient (Wildman–Crippen LogP) is 1.87. The van der Waals surface area contributed by atoms with Crippen molar-refractivity contribution in [3.8, 4) is 0 Å². The van der Waals surface area contributed by atoms with Crippen LogP contribution in [0.25, 0.3) is 0 Å². The number of carbonyl (C=O) groups excluding carboxylic acids is 2. The quantitative estimate of drug-likeness (QED) is 0.917. The number of nitrogens with zero attached hydrogens (tertiary/aromatic N) is 3. The Labute approximate surface area is 152 Å². The number of likely N-dealkylation sites (N-methyl/N-ethyl adjacent to an activating group) is 1. The lowest BCUT2D eigenvalue weighted by molar-refractivity contribution is -0.131. The molecule has 26 heavy (non-hydrogen) atoms. The lowest BCUT2D eigenvalue weighted by Crippen LogP contribution is -2.64. The molecule has 6 heteroatoms. The molecule has 0 saturated carbocycles. The summed E-state index contributed by atoms with van der Waals surface area (Å²) >= 11 is 0. The fourth-order valence-corrected chi connectivity index (χ4v) is 3.41.